The third-order valence-corrected chi connectivity index (χ3v) is 4.24. The zero-order chi connectivity index (χ0) is 13.7. The van der Waals surface area contributed by atoms with Crippen molar-refractivity contribution in [3.8, 4) is 0 Å². The third-order valence-electron chi connectivity index (χ3n) is 4.24. The van der Waals surface area contributed by atoms with Gasteiger partial charge in [-0.1, -0.05) is 18.2 Å². The zero-order valence-electron chi connectivity index (χ0n) is 12.7. The maximum Gasteiger partial charge on any atom is 0.0205 e. The van der Waals surface area contributed by atoms with Gasteiger partial charge in [0.25, 0.3) is 0 Å². The Balaban J connectivity index is 1.66. The minimum Gasteiger partial charge on any atom is -0.313 e. The van der Waals surface area contributed by atoms with E-state index in [1.807, 2.05) is 0 Å². The minimum atomic E-state index is 0.650. The number of nitrogens with zero attached hydrogens (tertiary/aromatic N) is 1. The molecule has 19 heavy (non-hydrogen) atoms. The Labute approximate surface area is 118 Å². The molecular weight excluding hydrogens is 232 g/mol. The number of nitrogens with one attached hydrogen (secondary N) is 1. The van der Waals surface area contributed by atoms with E-state index in [1.54, 1.807) is 11.1 Å². The molecule has 106 valence electrons. The van der Waals surface area contributed by atoms with Crippen LogP contribution >= 0.6 is 0 Å². The normalized spacial score (nSPS) is 14.4. The van der Waals surface area contributed by atoms with Crippen molar-refractivity contribution in [3.63, 3.8) is 0 Å². The van der Waals surface area contributed by atoms with E-state index >= 15 is 0 Å². The molecule has 2 heteroatoms. The number of hydrogen-bond acceptors (Lipinski definition) is 2. The van der Waals surface area contributed by atoms with Gasteiger partial charge >= 0.3 is 0 Å². The van der Waals surface area contributed by atoms with Gasteiger partial charge in [-0.2, -0.15) is 0 Å². The molecule has 0 fully saturated rings. The Bertz CT molecular complexity index is 398. The first-order valence-corrected chi connectivity index (χ1v) is 7.68. The maximum atomic E-state index is 3.56. The highest BCUT2D eigenvalue weighted by Gasteiger charge is 2.10. The van der Waals surface area contributed by atoms with E-state index in [9.17, 15) is 0 Å². The van der Waals surface area contributed by atoms with Gasteiger partial charge in [-0.3, -0.25) is 0 Å². The summed E-state index contributed by atoms with van der Waals surface area (Å²) in [5.41, 5.74) is 4.60. The summed E-state index contributed by atoms with van der Waals surface area (Å²) < 4.78 is 0. The largest absolute Gasteiger partial charge is 0.313 e. The molecule has 0 amide bonds. The monoisotopic (exact) mass is 260 g/mol. The van der Waals surface area contributed by atoms with Gasteiger partial charge in [-0.25, -0.2) is 0 Å². The highest BCUT2D eigenvalue weighted by Crippen LogP contribution is 2.22. The summed E-state index contributed by atoms with van der Waals surface area (Å²) in [5, 5.41) is 3.56. The van der Waals surface area contributed by atoms with Crippen LogP contribution in [0.25, 0.3) is 0 Å². The van der Waals surface area contributed by atoms with Gasteiger partial charge in [0.1, 0.15) is 0 Å². The highest BCUT2D eigenvalue weighted by atomic mass is 15.1. The molecule has 1 aromatic carbocycles. The molecule has 0 unspecified atom stereocenters. The molecule has 0 saturated carbocycles. The van der Waals surface area contributed by atoms with E-state index in [2.05, 4.69) is 49.3 Å². The second-order valence-electron chi connectivity index (χ2n) is 6.06. The topological polar surface area (TPSA) is 15.3 Å². The lowest BCUT2D eigenvalue weighted by Gasteiger charge is -2.20. The van der Waals surface area contributed by atoms with Crippen molar-refractivity contribution in [1.82, 2.24) is 10.2 Å². The molecule has 0 bridgehead atoms. The first kappa shape index (κ1) is 14.5. The summed E-state index contributed by atoms with van der Waals surface area (Å²) in [6.45, 7) is 7.79. The van der Waals surface area contributed by atoms with Crippen molar-refractivity contribution in [2.75, 3.05) is 20.1 Å². The molecule has 0 saturated heterocycles. The number of rotatable bonds is 7. The van der Waals surface area contributed by atoms with Crippen molar-refractivity contribution >= 4 is 0 Å². The van der Waals surface area contributed by atoms with Gasteiger partial charge in [-0.15, -0.1) is 0 Å². The third kappa shape index (κ3) is 4.32. The molecule has 1 aliphatic rings. The number of fused-ring (bicyclic) bond motifs is 1. The first-order chi connectivity index (χ1) is 9.16. The summed E-state index contributed by atoms with van der Waals surface area (Å²) >= 11 is 0. The molecule has 0 radical (unpaired) electrons. The van der Waals surface area contributed by atoms with Crippen LogP contribution in [0.15, 0.2) is 18.2 Å². The van der Waals surface area contributed by atoms with Crippen molar-refractivity contribution in [2.24, 2.45) is 0 Å². The van der Waals surface area contributed by atoms with Crippen LogP contribution < -0.4 is 5.32 Å². The van der Waals surface area contributed by atoms with Crippen LogP contribution in [0.1, 0.15) is 43.4 Å². The van der Waals surface area contributed by atoms with E-state index in [1.165, 1.54) is 37.8 Å². The lowest BCUT2D eigenvalue weighted by Crippen LogP contribution is -2.29. The van der Waals surface area contributed by atoms with E-state index in [4.69, 9.17) is 0 Å². The highest BCUT2D eigenvalue weighted by molar-refractivity contribution is 5.35. The second-order valence-corrected chi connectivity index (χ2v) is 6.06. The van der Waals surface area contributed by atoms with Crippen LogP contribution in [0.5, 0.6) is 0 Å². The van der Waals surface area contributed by atoms with Gasteiger partial charge in [0.2, 0.25) is 0 Å². The second kappa shape index (κ2) is 7.06. The SMILES string of the molecule is CC(C)N(C)CCCNCc1ccc2c(c1)CCC2. The number of benzene rings is 1. The van der Waals surface area contributed by atoms with E-state index in [0.717, 1.165) is 13.1 Å². The molecule has 1 aliphatic carbocycles. The fourth-order valence-corrected chi connectivity index (χ4v) is 2.68. The molecular formula is C17H28N2. The average molecular weight is 260 g/mol. The smallest absolute Gasteiger partial charge is 0.0205 e. The van der Waals surface area contributed by atoms with Crippen molar-refractivity contribution < 1.29 is 0 Å². The van der Waals surface area contributed by atoms with Crippen molar-refractivity contribution in [1.29, 1.82) is 0 Å². The summed E-state index contributed by atoms with van der Waals surface area (Å²) in [4.78, 5) is 2.40. The lowest BCUT2D eigenvalue weighted by atomic mass is 10.1. The molecule has 2 nitrogen and oxygen atoms in total. The predicted octanol–water partition coefficient (Wildman–Crippen LogP) is 3.00. The van der Waals surface area contributed by atoms with Crippen molar-refractivity contribution in [2.45, 2.75) is 52.1 Å². The Morgan fingerprint density at radius 3 is 2.79 bits per heavy atom. The number of hydrogen-bond donors (Lipinski definition) is 1. The Hall–Kier alpha value is -0.860. The predicted molar refractivity (Wildman–Crippen MR) is 82.6 cm³/mol. The maximum absolute atomic E-state index is 3.56. The molecule has 0 spiro atoms. The van der Waals surface area contributed by atoms with Crippen LogP contribution in [-0.2, 0) is 19.4 Å². The summed E-state index contributed by atoms with van der Waals surface area (Å²) in [7, 11) is 2.20. The molecule has 1 N–H and O–H groups in total. The summed E-state index contributed by atoms with van der Waals surface area (Å²) in [6.07, 6.45) is 5.13. The van der Waals surface area contributed by atoms with Crippen LogP contribution in [0.2, 0.25) is 0 Å². The summed E-state index contributed by atoms with van der Waals surface area (Å²) in [6, 6.07) is 7.66. The van der Waals surface area contributed by atoms with Crippen LogP contribution in [0.4, 0.5) is 0 Å². The Morgan fingerprint density at radius 2 is 2.00 bits per heavy atom. The van der Waals surface area contributed by atoms with E-state index in [0.29, 0.717) is 6.04 Å². The van der Waals surface area contributed by atoms with E-state index in [-0.39, 0.29) is 0 Å². The van der Waals surface area contributed by atoms with E-state index < -0.39 is 0 Å². The van der Waals surface area contributed by atoms with Crippen LogP contribution in [-0.4, -0.2) is 31.1 Å². The molecule has 0 atom stereocenters. The Kier molecular flexibility index (Phi) is 5.41. The average Bonchev–Trinajstić information content (AvgIpc) is 2.85. The van der Waals surface area contributed by atoms with Crippen molar-refractivity contribution in [3.05, 3.63) is 34.9 Å². The summed E-state index contributed by atoms with van der Waals surface area (Å²) in [5.74, 6) is 0. The van der Waals surface area contributed by atoms with Gasteiger partial charge in [0.15, 0.2) is 0 Å². The Morgan fingerprint density at radius 1 is 1.21 bits per heavy atom. The first-order valence-electron chi connectivity index (χ1n) is 7.68. The molecule has 0 heterocycles. The van der Waals surface area contributed by atoms with Gasteiger partial charge in [-0.05, 0) is 76.4 Å². The van der Waals surface area contributed by atoms with Gasteiger partial charge in [0.05, 0.1) is 0 Å². The standard InChI is InChI=1S/C17H28N2/c1-14(2)19(3)11-5-10-18-13-15-8-9-16-6-4-7-17(16)12-15/h8-9,12,14,18H,4-7,10-11,13H2,1-3H3. The molecule has 0 aromatic heterocycles. The molecule has 1 aromatic rings. The number of aryl methyl sites for hydroxylation is 2. The molecule has 2 rings (SSSR count). The fraction of sp³-hybridized carbons (Fsp3) is 0.647. The van der Waals surface area contributed by atoms with Gasteiger partial charge in [0, 0.05) is 12.6 Å². The minimum absolute atomic E-state index is 0.650. The van der Waals surface area contributed by atoms with Crippen LogP contribution in [0.3, 0.4) is 0 Å². The van der Waals surface area contributed by atoms with Gasteiger partial charge < -0.3 is 10.2 Å². The fourth-order valence-electron chi connectivity index (χ4n) is 2.68. The zero-order valence-corrected chi connectivity index (χ0v) is 12.7. The van der Waals surface area contributed by atoms with Crippen LogP contribution in [0, 0.1) is 0 Å². The quantitative estimate of drug-likeness (QED) is 0.758. The lowest BCUT2D eigenvalue weighted by molar-refractivity contribution is 0.269. The molecule has 0 aliphatic heterocycles.